The Hall–Kier alpha value is -1.46. The Morgan fingerprint density at radius 2 is 2.00 bits per heavy atom. The highest BCUT2D eigenvalue weighted by Crippen LogP contribution is 2.28. The summed E-state index contributed by atoms with van der Waals surface area (Å²) in [5.41, 5.74) is 7.63. The molecule has 0 unspecified atom stereocenters. The molecule has 18 heavy (non-hydrogen) atoms. The highest BCUT2D eigenvalue weighted by molar-refractivity contribution is 9.10. The molecule has 1 aromatic carbocycles. The van der Waals surface area contributed by atoms with Gasteiger partial charge in [-0.3, -0.25) is 0 Å². The third-order valence-corrected chi connectivity index (χ3v) is 3.02. The molecule has 4 nitrogen and oxygen atoms in total. The number of nitrogens with two attached hydrogens (primary N) is 1. The van der Waals surface area contributed by atoms with Crippen LogP contribution in [0.5, 0.6) is 11.8 Å². The maximum absolute atomic E-state index is 5.60. The van der Waals surface area contributed by atoms with E-state index in [2.05, 4.69) is 25.9 Å². The van der Waals surface area contributed by atoms with Gasteiger partial charge < -0.3 is 10.5 Å². The van der Waals surface area contributed by atoms with E-state index in [0.29, 0.717) is 18.3 Å². The summed E-state index contributed by atoms with van der Waals surface area (Å²) in [5.74, 6) is 0.701. The van der Waals surface area contributed by atoms with E-state index in [1.807, 2.05) is 25.1 Å². The Labute approximate surface area is 114 Å². The molecule has 0 spiro atoms. The van der Waals surface area contributed by atoms with Crippen LogP contribution >= 0.6 is 15.9 Å². The van der Waals surface area contributed by atoms with Crippen molar-refractivity contribution in [3.8, 4) is 11.8 Å². The molecule has 0 atom stereocenters. The van der Waals surface area contributed by atoms with Crippen LogP contribution < -0.4 is 10.5 Å². The summed E-state index contributed by atoms with van der Waals surface area (Å²) in [6.45, 7) is 2.61. The van der Waals surface area contributed by atoms with E-state index in [4.69, 9.17) is 10.5 Å². The number of hydrogen-bond acceptors (Lipinski definition) is 4. The van der Waals surface area contributed by atoms with Gasteiger partial charge in [0, 0.05) is 12.4 Å². The maximum atomic E-state index is 5.60. The van der Waals surface area contributed by atoms with Crippen LogP contribution in [0, 0.1) is 6.92 Å². The van der Waals surface area contributed by atoms with Gasteiger partial charge in [0.15, 0.2) is 0 Å². The zero-order valence-electron chi connectivity index (χ0n) is 10.1. The van der Waals surface area contributed by atoms with Gasteiger partial charge in [-0.15, -0.1) is 0 Å². The minimum atomic E-state index is 0.334. The highest BCUT2D eigenvalue weighted by atomic mass is 79.9. The molecular formula is C13H14BrN3O. The number of nitrogens with zero attached hydrogens (tertiary/aromatic N) is 2. The molecule has 0 fully saturated rings. The summed E-state index contributed by atoms with van der Waals surface area (Å²) < 4.78 is 6.48. The molecule has 1 heterocycles. The second-order valence-corrected chi connectivity index (χ2v) is 4.80. The van der Waals surface area contributed by atoms with Gasteiger partial charge >= 0.3 is 6.01 Å². The number of halogens is 1. The molecule has 94 valence electrons. The van der Waals surface area contributed by atoms with Crippen molar-refractivity contribution in [3.05, 3.63) is 46.2 Å². The third kappa shape index (κ3) is 3.27. The lowest BCUT2D eigenvalue weighted by Gasteiger charge is -2.06. The van der Waals surface area contributed by atoms with E-state index in [1.54, 1.807) is 12.4 Å². The molecule has 0 saturated carbocycles. The first-order chi connectivity index (χ1) is 8.69. The number of ether oxygens (including phenoxy) is 1. The van der Waals surface area contributed by atoms with Gasteiger partial charge in [-0.25, -0.2) is 9.97 Å². The second-order valence-electron chi connectivity index (χ2n) is 3.95. The van der Waals surface area contributed by atoms with Crippen molar-refractivity contribution < 1.29 is 4.74 Å². The van der Waals surface area contributed by atoms with Crippen LogP contribution in [0.3, 0.4) is 0 Å². The zero-order valence-corrected chi connectivity index (χ0v) is 11.6. The van der Waals surface area contributed by atoms with Gasteiger partial charge in [0.25, 0.3) is 0 Å². The first kappa shape index (κ1) is 13.0. The number of rotatable bonds is 4. The maximum Gasteiger partial charge on any atom is 0.321 e. The monoisotopic (exact) mass is 307 g/mol. The van der Waals surface area contributed by atoms with E-state index >= 15 is 0 Å². The molecular weight excluding hydrogens is 294 g/mol. The topological polar surface area (TPSA) is 61.0 Å². The summed E-state index contributed by atoms with van der Waals surface area (Å²) >= 11 is 3.45. The van der Waals surface area contributed by atoms with Crippen LogP contribution in [0.4, 0.5) is 0 Å². The SMILES string of the molecule is Cc1ccc(Oc2ncc(CCN)cn2)c(Br)c1. The van der Waals surface area contributed by atoms with Crippen molar-refractivity contribution in [3.63, 3.8) is 0 Å². The van der Waals surface area contributed by atoms with Crippen molar-refractivity contribution in [1.82, 2.24) is 9.97 Å². The Kier molecular flexibility index (Phi) is 4.28. The van der Waals surface area contributed by atoms with E-state index in [0.717, 1.165) is 22.0 Å². The summed E-state index contributed by atoms with van der Waals surface area (Å²) in [7, 11) is 0. The zero-order chi connectivity index (χ0) is 13.0. The molecule has 0 aliphatic rings. The van der Waals surface area contributed by atoms with Crippen LogP contribution in [0.25, 0.3) is 0 Å². The molecule has 0 radical (unpaired) electrons. The van der Waals surface area contributed by atoms with E-state index in [9.17, 15) is 0 Å². The van der Waals surface area contributed by atoms with Gasteiger partial charge in [0.05, 0.1) is 4.47 Å². The highest BCUT2D eigenvalue weighted by Gasteiger charge is 2.05. The molecule has 2 rings (SSSR count). The van der Waals surface area contributed by atoms with E-state index in [1.165, 1.54) is 0 Å². The van der Waals surface area contributed by atoms with Crippen molar-refractivity contribution in [1.29, 1.82) is 0 Å². The summed E-state index contributed by atoms with van der Waals surface area (Å²) in [4.78, 5) is 8.29. The molecule has 2 aromatic rings. The first-order valence-corrected chi connectivity index (χ1v) is 6.43. The van der Waals surface area contributed by atoms with Crippen molar-refractivity contribution in [2.75, 3.05) is 6.54 Å². The Morgan fingerprint density at radius 3 is 2.61 bits per heavy atom. The number of hydrogen-bond donors (Lipinski definition) is 1. The average Bonchev–Trinajstić information content (AvgIpc) is 2.35. The van der Waals surface area contributed by atoms with Gasteiger partial charge in [0.1, 0.15) is 5.75 Å². The lowest BCUT2D eigenvalue weighted by Crippen LogP contribution is -2.03. The summed E-state index contributed by atoms with van der Waals surface area (Å²) in [5, 5.41) is 0. The fourth-order valence-electron chi connectivity index (χ4n) is 1.48. The summed E-state index contributed by atoms with van der Waals surface area (Å²) in [6.07, 6.45) is 4.24. The van der Waals surface area contributed by atoms with Gasteiger partial charge in [-0.05, 0) is 59.1 Å². The molecule has 0 amide bonds. The Morgan fingerprint density at radius 1 is 1.28 bits per heavy atom. The predicted octanol–water partition coefficient (Wildman–Crippen LogP) is 2.84. The Balaban J connectivity index is 2.13. The lowest BCUT2D eigenvalue weighted by atomic mass is 10.2. The smallest absolute Gasteiger partial charge is 0.321 e. The predicted molar refractivity (Wildman–Crippen MR) is 73.7 cm³/mol. The Bertz CT molecular complexity index is 528. The fourth-order valence-corrected chi connectivity index (χ4v) is 2.05. The van der Waals surface area contributed by atoms with Crippen molar-refractivity contribution >= 4 is 15.9 Å². The first-order valence-electron chi connectivity index (χ1n) is 5.64. The number of benzene rings is 1. The minimum Gasteiger partial charge on any atom is -0.423 e. The molecule has 0 aliphatic heterocycles. The average molecular weight is 308 g/mol. The van der Waals surface area contributed by atoms with E-state index < -0.39 is 0 Å². The second kappa shape index (κ2) is 5.93. The molecule has 2 N–H and O–H groups in total. The summed E-state index contributed by atoms with van der Waals surface area (Å²) in [6, 6.07) is 6.18. The standard InChI is InChI=1S/C13H14BrN3O/c1-9-2-3-12(11(14)6-9)18-13-16-7-10(4-5-15)8-17-13/h2-3,6-8H,4-5,15H2,1H3. The van der Waals surface area contributed by atoms with Crippen molar-refractivity contribution in [2.45, 2.75) is 13.3 Å². The van der Waals surface area contributed by atoms with Gasteiger partial charge in [-0.2, -0.15) is 0 Å². The molecule has 0 bridgehead atoms. The molecule has 0 aliphatic carbocycles. The lowest BCUT2D eigenvalue weighted by molar-refractivity contribution is 0.438. The van der Waals surface area contributed by atoms with Crippen LogP contribution in [-0.4, -0.2) is 16.5 Å². The van der Waals surface area contributed by atoms with Crippen LogP contribution in [0.1, 0.15) is 11.1 Å². The van der Waals surface area contributed by atoms with Crippen molar-refractivity contribution in [2.24, 2.45) is 5.73 Å². The van der Waals surface area contributed by atoms with Crippen LogP contribution in [-0.2, 0) is 6.42 Å². The quantitative estimate of drug-likeness (QED) is 0.943. The normalized spacial score (nSPS) is 10.4. The minimum absolute atomic E-state index is 0.334. The van der Waals surface area contributed by atoms with Crippen LogP contribution in [0.15, 0.2) is 35.1 Å². The van der Waals surface area contributed by atoms with Gasteiger partial charge in [0.2, 0.25) is 0 Å². The number of aromatic nitrogens is 2. The molecule has 5 heteroatoms. The van der Waals surface area contributed by atoms with Gasteiger partial charge in [-0.1, -0.05) is 6.07 Å². The molecule has 0 saturated heterocycles. The third-order valence-electron chi connectivity index (χ3n) is 2.40. The largest absolute Gasteiger partial charge is 0.423 e. The van der Waals surface area contributed by atoms with E-state index in [-0.39, 0.29) is 0 Å². The fraction of sp³-hybridized carbons (Fsp3) is 0.231. The molecule has 1 aromatic heterocycles. The number of aryl methyl sites for hydroxylation is 1. The van der Waals surface area contributed by atoms with Crippen LogP contribution in [0.2, 0.25) is 0 Å².